The molecular weight excluding hydrogens is 283 g/mol. The van der Waals surface area contributed by atoms with Crippen molar-refractivity contribution < 1.29 is 26.7 Å². The lowest BCUT2D eigenvalue weighted by atomic mass is 9.98. The molecule has 0 saturated carbocycles. The molecule has 0 radical (unpaired) electrons. The molecule has 0 aromatic rings. The van der Waals surface area contributed by atoms with Crippen LogP contribution in [0.5, 0.6) is 0 Å². The van der Waals surface area contributed by atoms with Crippen LogP contribution < -0.4 is 5.32 Å². The van der Waals surface area contributed by atoms with Crippen molar-refractivity contribution in [1.82, 2.24) is 10.2 Å². The third kappa shape index (κ3) is 3.80. The molecule has 0 spiro atoms. The number of hydrogen-bond acceptors (Lipinski definition) is 2. The van der Waals surface area contributed by atoms with E-state index < -0.39 is 24.0 Å². The molecule has 0 unspecified atom stereocenters. The van der Waals surface area contributed by atoms with Gasteiger partial charge in [-0.1, -0.05) is 0 Å². The van der Waals surface area contributed by atoms with E-state index in [2.05, 4.69) is 4.90 Å². The monoisotopic (exact) mass is 302 g/mol. The van der Waals surface area contributed by atoms with Crippen molar-refractivity contribution in [2.45, 2.75) is 57.3 Å². The smallest absolute Gasteiger partial charge is 0.348 e. The van der Waals surface area contributed by atoms with Crippen molar-refractivity contribution in [3.63, 3.8) is 0 Å². The Kier molecular flexibility index (Phi) is 4.68. The van der Waals surface area contributed by atoms with Gasteiger partial charge in [0.05, 0.1) is 0 Å². The maximum atomic E-state index is 12.8. The van der Waals surface area contributed by atoms with Crippen LogP contribution in [0.1, 0.15) is 33.6 Å². The van der Waals surface area contributed by atoms with Gasteiger partial charge in [-0.2, -0.15) is 22.0 Å². The van der Waals surface area contributed by atoms with Crippen LogP contribution in [0.15, 0.2) is 0 Å². The van der Waals surface area contributed by atoms with Crippen LogP contribution in [0.25, 0.3) is 0 Å². The molecule has 8 heteroatoms. The number of likely N-dealkylation sites (tertiary alicyclic amines) is 1. The fourth-order valence-electron chi connectivity index (χ4n) is 2.10. The van der Waals surface area contributed by atoms with Gasteiger partial charge in [-0.05, 0) is 33.6 Å². The number of alkyl halides is 5. The molecule has 0 aromatic heterocycles. The van der Waals surface area contributed by atoms with Gasteiger partial charge in [0.2, 0.25) is 0 Å². The third-order valence-corrected chi connectivity index (χ3v) is 3.42. The largest absolute Gasteiger partial charge is 0.463 e. The Labute approximate surface area is 114 Å². The first-order valence-corrected chi connectivity index (χ1v) is 6.36. The highest BCUT2D eigenvalue weighted by molar-refractivity contribution is 5.84. The molecule has 1 N–H and O–H groups in total. The van der Waals surface area contributed by atoms with Crippen LogP contribution in [0.3, 0.4) is 0 Å². The van der Waals surface area contributed by atoms with E-state index in [1.165, 1.54) is 0 Å². The Hall–Kier alpha value is -0.920. The molecule has 118 valence electrons. The molecule has 1 heterocycles. The lowest BCUT2D eigenvalue weighted by Crippen LogP contribution is -2.56. The van der Waals surface area contributed by atoms with E-state index in [0.717, 1.165) is 0 Å². The number of amides is 1. The summed E-state index contributed by atoms with van der Waals surface area (Å²) in [5, 5.41) is 1.80. The minimum Gasteiger partial charge on any atom is -0.348 e. The maximum absolute atomic E-state index is 12.8. The van der Waals surface area contributed by atoms with Crippen molar-refractivity contribution in [3.8, 4) is 0 Å². The number of piperidine rings is 1. The summed E-state index contributed by atoms with van der Waals surface area (Å²) in [6.45, 7) is 7.06. The van der Waals surface area contributed by atoms with Crippen LogP contribution in [0, 0.1) is 0 Å². The Morgan fingerprint density at radius 3 is 1.85 bits per heavy atom. The van der Waals surface area contributed by atoms with Crippen LogP contribution in [-0.2, 0) is 4.79 Å². The summed E-state index contributed by atoms with van der Waals surface area (Å²) in [6.07, 6.45) is -5.14. The average Bonchev–Trinajstić information content (AvgIpc) is 2.26. The standard InChI is InChI=1S/C12H19F5N2O/c1-10(2,3)19-6-4-8(5-7-19)18-9(20)11(13,14)12(15,16)17/h8H,4-7H2,1-3H3,(H,18,20). The molecule has 0 aromatic carbocycles. The first kappa shape index (κ1) is 17.1. The molecular formula is C12H19F5N2O. The highest BCUT2D eigenvalue weighted by Crippen LogP contribution is 2.35. The highest BCUT2D eigenvalue weighted by Gasteiger charge is 2.63. The second-order valence-electron chi connectivity index (χ2n) is 5.98. The molecule has 0 atom stereocenters. The predicted octanol–water partition coefficient (Wildman–Crippen LogP) is 2.56. The predicted molar refractivity (Wildman–Crippen MR) is 63.5 cm³/mol. The zero-order chi connectivity index (χ0) is 15.8. The number of hydrogen-bond donors (Lipinski definition) is 1. The quantitative estimate of drug-likeness (QED) is 0.795. The molecule has 1 amide bonds. The zero-order valence-electron chi connectivity index (χ0n) is 11.7. The van der Waals surface area contributed by atoms with Gasteiger partial charge in [0.25, 0.3) is 0 Å². The van der Waals surface area contributed by atoms with E-state index in [4.69, 9.17) is 0 Å². The third-order valence-electron chi connectivity index (χ3n) is 3.42. The summed E-state index contributed by atoms with van der Waals surface area (Å²) in [5.74, 6) is -7.60. The molecule has 1 aliphatic rings. The fourth-order valence-corrected chi connectivity index (χ4v) is 2.10. The minimum atomic E-state index is -5.86. The molecule has 1 aliphatic heterocycles. The highest BCUT2D eigenvalue weighted by atomic mass is 19.4. The molecule has 1 fully saturated rings. The molecule has 20 heavy (non-hydrogen) atoms. The minimum absolute atomic E-state index is 0.0924. The topological polar surface area (TPSA) is 32.3 Å². The first-order chi connectivity index (χ1) is 8.85. The van der Waals surface area contributed by atoms with Gasteiger partial charge in [-0.25, -0.2) is 0 Å². The first-order valence-electron chi connectivity index (χ1n) is 6.36. The Morgan fingerprint density at radius 1 is 1.05 bits per heavy atom. The summed E-state index contributed by atoms with van der Waals surface area (Å²) < 4.78 is 61.7. The summed E-state index contributed by atoms with van der Waals surface area (Å²) >= 11 is 0. The van der Waals surface area contributed by atoms with Crippen molar-refractivity contribution >= 4 is 5.91 Å². The van der Waals surface area contributed by atoms with Gasteiger partial charge in [-0.15, -0.1) is 0 Å². The van der Waals surface area contributed by atoms with Crippen molar-refractivity contribution in [2.75, 3.05) is 13.1 Å². The van der Waals surface area contributed by atoms with E-state index in [-0.39, 0.29) is 5.54 Å². The second kappa shape index (κ2) is 5.46. The van der Waals surface area contributed by atoms with E-state index in [9.17, 15) is 26.7 Å². The summed E-state index contributed by atoms with van der Waals surface area (Å²) in [4.78, 5) is 13.2. The number of nitrogens with zero attached hydrogens (tertiary/aromatic N) is 1. The molecule has 1 rings (SSSR count). The van der Waals surface area contributed by atoms with Crippen LogP contribution in [-0.4, -0.2) is 47.6 Å². The van der Waals surface area contributed by atoms with E-state index in [1.807, 2.05) is 20.8 Å². The Bertz CT molecular complexity index is 354. The van der Waals surface area contributed by atoms with Gasteiger partial charge in [0, 0.05) is 24.7 Å². The SMILES string of the molecule is CC(C)(C)N1CCC(NC(=O)C(F)(F)C(F)(F)F)CC1. The molecule has 1 saturated heterocycles. The van der Waals surface area contributed by atoms with Crippen LogP contribution in [0.4, 0.5) is 22.0 Å². The van der Waals surface area contributed by atoms with Crippen LogP contribution in [0.2, 0.25) is 0 Å². The van der Waals surface area contributed by atoms with Gasteiger partial charge in [0.15, 0.2) is 0 Å². The van der Waals surface area contributed by atoms with Gasteiger partial charge in [-0.3, -0.25) is 9.69 Å². The van der Waals surface area contributed by atoms with Crippen molar-refractivity contribution in [2.24, 2.45) is 0 Å². The van der Waals surface area contributed by atoms with Gasteiger partial charge < -0.3 is 5.32 Å². The Morgan fingerprint density at radius 2 is 1.50 bits per heavy atom. The van der Waals surface area contributed by atoms with Gasteiger partial charge >= 0.3 is 18.0 Å². The fraction of sp³-hybridized carbons (Fsp3) is 0.917. The zero-order valence-corrected chi connectivity index (χ0v) is 11.7. The summed E-state index contributed by atoms with van der Waals surface area (Å²) in [6, 6.07) is -0.644. The van der Waals surface area contributed by atoms with Crippen LogP contribution >= 0.6 is 0 Å². The normalized spacial score (nSPS) is 20.0. The lowest BCUT2D eigenvalue weighted by molar-refractivity contribution is -0.270. The van der Waals surface area contributed by atoms with E-state index in [1.54, 1.807) is 5.32 Å². The van der Waals surface area contributed by atoms with E-state index >= 15 is 0 Å². The number of nitrogens with one attached hydrogen (secondary N) is 1. The van der Waals surface area contributed by atoms with Crippen molar-refractivity contribution in [1.29, 1.82) is 0 Å². The summed E-state index contributed by atoms with van der Waals surface area (Å²) in [7, 11) is 0. The molecule has 3 nitrogen and oxygen atoms in total. The summed E-state index contributed by atoms with van der Waals surface area (Å²) in [5.41, 5.74) is -0.0924. The Balaban J connectivity index is 2.55. The maximum Gasteiger partial charge on any atom is 0.463 e. The van der Waals surface area contributed by atoms with Crippen molar-refractivity contribution in [3.05, 3.63) is 0 Å². The van der Waals surface area contributed by atoms with E-state index in [0.29, 0.717) is 25.9 Å². The molecule has 0 aliphatic carbocycles. The number of carbonyl (C=O) groups is 1. The number of carbonyl (C=O) groups excluding carboxylic acids is 1. The number of halogens is 5. The lowest BCUT2D eigenvalue weighted by Gasteiger charge is -2.41. The van der Waals surface area contributed by atoms with Gasteiger partial charge in [0.1, 0.15) is 0 Å². The second-order valence-corrected chi connectivity index (χ2v) is 5.98. The average molecular weight is 302 g/mol. The molecule has 0 bridgehead atoms. The number of rotatable bonds is 2.